The topological polar surface area (TPSA) is 52.1 Å². The van der Waals surface area contributed by atoms with Gasteiger partial charge in [-0.3, -0.25) is 4.79 Å². The summed E-state index contributed by atoms with van der Waals surface area (Å²) in [6, 6.07) is 7.54. The van der Waals surface area contributed by atoms with Gasteiger partial charge in [0.2, 0.25) is 0 Å². The third kappa shape index (κ3) is 3.70. The molecule has 1 aliphatic rings. The fourth-order valence-corrected chi connectivity index (χ4v) is 3.56. The maximum absolute atomic E-state index is 11.0. The molecule has 5 heteroatoms. The molecule has 0 spiro atoms. The van der Waals surface area contributed by atoms with E-state index in [0.29, 0.717) is 35.0 Å². The van der Waals surface area contributed by atoms with Gasteiger partial charge in [0, 0.05) is 12.4 Å². The van der Waals surface area contributed by atoms with Gasteiger partial charge in [-0.25, -0.2) is 9.97 Å². The molecule has 120 valence electrons. The lowest BCUT2D eigenvalue weighted by atomic mass is 9.76. The SMILES string of the molecule is O=Cc1ncccc1OCC1CCCCC1c1cccnc1Cl. The summed E-state index contributed by atoms with van der Waals surface area (Å²) >= 11 is 6.28. The zero-order valence-corrected chi connectivity index (χ0v) is 13.6. The second-order valence-corrected chi connectivity index (χ2v) is 6.21. The van der Waals surface area contributed by atoms with E-state index in [4.69, 9.17) is 16.3 Å². The summed E-state index contributed by atoms with van der Waals surface area (Å²) in [7, 11) is 0. The predicted molar refractivity (Wildman–Crippen MR) is 89.1 cm³/mol. The van der Waals surface area contributed by atoms with Gasteiger partial charge >= 0.3 is 0 Å². The van der Waals surface area contributed by atoms with Gasteiger partial charge in [-0.2, -0.15) is 0 Å². The number of carbonyl (C=O) groups excluding carboxylic acids is 1. The molecule has 0 saturated heterocycles. The van der Waals surface area contributed by atoms with E-state index in [1.165, 1.54) is 12.8 Å². The number of carbonyl (C=O) groups is 1. The Morgan fingerprint density at radius 1 is 1.17 bits per heavy atom. The van der Waals surface area contributed by atoms with Crippen molar-refractivity contribution in [3.8, 4) is 5.75 Å². The normalized spacial score (nSPS) is 20.9. The van der Waals surface area contributed by atoms with Crippen molar-refractivity contribution in [2.45, 2.75) is 31.6 Å². The minimum atomic E-state index is 0.347. The largest absolute Gasteiger partial charge is 0.491 e. The fraction of sp³-hybridized carbons (Fsp3) is 0.389. The van der Waals surface area contributed by atoms with Crippen molar-refractivity contribution in [1.29, 1.82) is 0 Å². The van der Waals surface area contributed by atoms with E-state index < -0.39 is 0 Å². The minimum absolute atomic E-state index is 0.347. The quantitative estimate of drug-likeness (QED) is 0.606. The number of pyridine rings is 2. The van der Waals surface area contributed by atoms with Gasteiger partial charge in [0.25, 0.3) is 0 Å². The Hall–Kier alpha value is -1.94. The zero-order chi connectivity index (χ0) is 16.1. The standard InChI is InChI=1S/C18H19ClN2O2/c19-18-15(7-3-10-21-18)14-6-2-1-5-13(14)12-23-17-8-4-9-20-16(17)11-22/h3-4,7-11,13-14H,1-2,5-6,12H2. The van der Waals surface area contributed by atoms with Gasteiger partial charge in [-0.05, 0) is 48.4 Å². The summed E-state index contributed by atoms with van der Waals surface area (Å²) in [4.78, 5) is 19.3. The van der Waals surface area contributed by atoms with Gasteiger partial charge in [-0.1, -0.05) is 30.5 Å². The molecule has 0 bridgehead atoms. The van der Waals surface area contributed by atoms with Crippen LogP contribution in [0.3, 0.4) is 0 Å². The van der Waals surface area contributed by atoms with Crippen molar-refractivity contribution in [2.75, 3.05) is 6.61 Å². The monoisotopic (exact) mass is 330 g/mol. The molecule has 2 aromatic rings. The van der Waals surface area contributed by atoms with Crippen LogP contribution in [-0.2, 0) is 0 Å². The summed E-state index contributed by atoms with van der Waals surface area (Å²) < 4.78 is 5.90. The van der Waals surface area contributed by atoms with Crippen LogP contribution >= 0.6 is 11.6 Å². The summed E-state index contributed by atoms with van der Waals surface area (Å²) in [6.07, 6.45) is 8.60. The molecule has 1 aliphatic carbocycles. The van der Waals surface area contributed by atoms with E-state index in [2.05, 4.69) is 16.0 Å². The molecule has 2 unspecified atom stereocenters. The summed E-state index contributed by atoms with van der Waals surface area (Å²) in [5, 5.41) is 0.583. The molecule has 0 aliphatic heterocycles. The van der Waals surface area contributed by atoms with E-state index in [9.17, 15) is 4.79 Å². The number of hydrogen-bond acceptors (Lipinski definition) is 4. The van der Waals surface area contributed by atoms with Gasteiger partial charge < -0.3 is 4.74 Å². The maximum atomic E-state index is 11.0. The van der Waals surface area contributed by atoms with Crippen LogP contribution in [0.4, 0.5) is 0 Å². The molecule has 2 atom stereocenters. The lowest BCUT2D eigenvalue weighted by Crippen LogP contribution is -2.24. The zero-order valence-electron chi connectivity index (χ0n) is 12.8. The van der Waals surface area contributed by atoms with Crippen molar-refractivity contribution >= 4 is 17.9 Å². The average molecular weight is 331 g/mol. The lowest BCUT2D eigenvalue weighted by molar-refractivity contribution is 0.111. The van der Waals surface area contributed by atoms with E-state index >= 15 is 0 Å². The number of aromatic nitrogens is 2. The number of rotatable bonds is 5. The smallest absolute Gasteiger partial charge is 0.172 e. The first-order valence-corrected chi connectivity index (χ1v) is 8.31. The molecule has 4 nitrogen and oxygen atoms in total. The highest BCUT2D eigenvalue weighted by Crippen LogP contribution is 2.40. The Kier molecular flexibility index (Phi) is 5.23. The highest BCUT2D eigenvalue weighted by atomic mass is 35.5. The van der Waals surface area contributed by atoms with Crippen LogP contribution in [-0.4, -0.2) is 22.9 Å². The van der Waals surface area contributed by atoms with Crippen molar-refractivity contribution < 1.29 is 9.53 Å². The van der Waals surface area contributed by atoms with Gasteiger partial charge in [0.05, 0.1) is 6.61 Å². The Balaban J connectivity index is 1.75. The molecule has 3 rings (SSSR count). The van der Waals surface area contributed by atoms with E-state index in [1.807, 2.05) is 6.07 Å². The molecule has 0 aromatic carbocycles. The first-order valence-electron chi connectivity index (χ1n) is 7.93. The molecule has 2 aromatic heterocycles. The minimum Gasteiger partial charge on any atom is -0.491 e. The van der Waals surface area contributed by atoms with Crippen LogP contribution < -0.4 is 4.74 Å². The maximum Gasteiger partial charge on any atom is 0.172 e. The van der Waals surface area contributed by atoms with Gasteiger partial charge in [0.15, 0.2) is 6.29 Å². The number of hydrogen-bond donors (Lipinski definition) is 0. The Labute approximate surface area is 140 Å². The molecular formula is C18H19ClN2O2. The Bertz CT molecular complexity index is 678. The third-order valence-corrected chi connectivity index (χ3v) is 4.78. The van der Waals surface area contributed by atoms with Crippen molar-refractivity contribution in [3.05, 3.63) is 53.1 Å². The molecule has 0 radical (unpaired) electrons. The van der Waals surface area contributed by atoms with E-state index in [-0.39, 0.29) is 0 Å². The Morgan fingerprint density at radius 3 is 2.78 bits per heavy atom. The number of halogens is 1. The van der Waals surface area contributed by atoms with Crippen LogP contribution in [0.15, 0.2) is 36.7 Å². The first kappa shape index (κ1) is 15.9. The van der Waals surface area contributed by atoms with Crippen LogP contribution in [0, 0.1) is 5.92 Å². The molecule has 1 saturated carbocycles. The van der Waals surface area contributed by atoms with E-state index in [0.717, 1.165) is 24.7 Å². The molecule has 0 amide bonds. The summed E-state index contributed by atoms with van der Waals surface area (Å²) in [6.45, 7) is 0.558. The number of nitrogens with zero attached hydrogens (tertiary/aromatic N) is 2. The molecule has 2 heterocycles. The molecule has 0 N–H and O–H groups in total. The second kappa shape index (κ2) is 7.55. The lowest BCUT2D eigenvalue weighted by Gasteiger charge is -2.32. The van der Waals surface area contributed by atoms with Gasteiger partial charge in [0.1, 0.15) is 16.6 Å². The highest BCUT2D eigenvalue weighted by molar-refractivity contribution is 6.30. The molecule has 23 heavy (non-hydrogen) atoms. The van der Waals surface area contributed by atoms with Crippen molar-refractivity contribution in [3.63, 3.8) is 0 Å². The highest BCUT2D eigenvalue weighted by Gasteiger charge is 2.29. The first-order chi connectivity index (χ1) is 11.3. The van der Waals surface area contributed by atoms with Gasteiger partial charge in [-0.15, -0.1) is 0 Å². The van der Waals surface area contributed by atoms with Crippen LogP contribution in [0.2, 0.25) is 5.15 Å². The second-order valence-electron chi connectivity index (χ2n) is 5.85. The molecule has 1 fully saturated rings. The van der Waals surface area contributed by atoms with Crippen LogP contribution in [0.25, 0.3) is 0 Å². The van der Waals surface area contributed by atoms with Crippen molar-refractivity contribution in [2.24, 2.45) is 5.92 Å². The predicted octanol–water partition coefficient (Wildman–Crippen LogP) is 4.30. The summed E-state index contributed by atoms with van der Waals surface area (Å²) in [5.41, 5.74) is 1.45. The average Bonchev–Trinajstić information content (AvgIpc) is 2.61. The number of ether oxygens (including phenoxy) is 1. The van der Waals surface area contributed by atoms with Crippen molar-refractivity contribution in [1.82, 2.24) is 9.97 Å². The van der Waals surface area contributed by atoms with Crippen LogP contribution in [0.5, 0.6) is 5.75 Å². The van der Waals surface area contributed by atoms with E-state index in [1.54, 1.807) is 24.5 Å². The van der Waals surface area contributed by atoms with Crippen LogP contribution in [0.1, 0.15) is 47.7 Å². The fourth-order valence-electron chi connectivity index (χ4n) is 3.30. The Morgan fingerprint density at radius 2 is 1.96 bits per heavy atom. The molecular weight excluding hydrogens is 312 g/mol. The summed E-state index contributed by atoms with van der Waals surface area (Å²) in [5.74, 6) is 1.26. The third-order valence-electron chi connectivity index (χ3n) is 4.46. The number of aldehydes is 1.